The Kier molecular flexibility index (Phi) is 6.18. The van der Waals surface area contributed by atoms with Crippen molar-refractivity contribution in [1.82, 2.24) is 19.8 Å². The van der Waals surface area contributed by atoms with E-state index in [0.29, 0.717) is 43.3 Å². The summed E-state index contributed by atoms with van der Waals surface area (Å²) in [6.07, 6.45) is 3.78. The molecule has 0 unspecified atom stereocenters. The number of benzene rings is 1. The lowest BCUT2D eigenvalue weighted by Gasteiger charge is -2.35. The first-order valence-electron chi connectivity index (χ1n) is 9.38. The van der Waals surface area contributed by atoms with Gasteiger partial charge in [-0.2, -0.15) is 0 Å². The van der Waals surface area contributed by atoms with Gasteiger partial charge in [0.05, 0.1) is 12.1 Å². The van der Waals surface area contributed by atoms with Gasteiger partial charge in [-0.05, 0) is 24.3 Å². The first-order valence-corrected chi connectivity index (χ1v) is 10.6. The second-order valence-electron chi connectivity index (χ2n) is 6.92. The van der Waals surface area contributed by atoms with Crippen LogP contribution in [0.1, 0.15) is 11.3 Å². The van der Waals surface area contributed by atoms with Crippen LogP contribution in [0.2, 0.25) is 5.02 Å². The van der Waals surface area contributed by atoms with Gasteiger partial charge >= 0.3 is 0 Å². The number of hydrogen-bond acceptors (Lipinski definition) is 5. The first-order chi connectivity index (χ1) is 14.1. The van der Waals surface area contributed by atoms with Crippen molar-refractivity contribution in [2.45, 2.75) is 13.0 Å². The Morgan fingerprint density at radius 3 is 2.72 bits per heavy atom. The molecule has 1 aromatic carbocycles. The van der Waals surface area contributed by atoms with E-state index >= 15 is 0 Å². The van der Waals surface area contributed by atoms with E-state index in [4.69, 9.17) is 11.6 Å². The van der Waals surface area contributed by atoms with Gasteiger partial charge in [0.25, 0.3) is 0 Å². The maximum atomic E-state index is 14.0. The molecule has 4 rings (SSSR count). The quantitative estimate of drug-likeness (QED) is 0.616. The minimum atomic E-state index is -0.288. The highest BCUT2D eigenvalue weighted by Gasteiger charge is 2.23. The lowest BCUT2D eigenvalue weighted by Crippen LogP contribution is -2.48. The van der Waals surface area contributed by atoms with Crippen LogP contribution in [0.5, 0.6) is 0 Å². The molecule has 1 aliphatic heterocycles. The van der Waals surface area contributed by atoms with Crippen LogP contribution in [0.4, 0.5) is 4.39 Å². The van der Waals surface area contributed by atoms with Crippen LogP contribution in [0, 0.1) is 5.82 Å². The van der Waals surface area contributed by atoms with Crippen LogP contribution < -0.4 is 0 Å². The Bertz CT molecular complexity index is 969. The molecule has 2 aromatic heterocycles. The summed E-state index contributed by atoms with van der Waals surface area (Å²) in [5.41, 5.74) is 2.25. The number of carbonyl (C=O) groups excluding carboxylic acids is 1. The van der Waals surface area contributed by atoms with Crippen molar-refractivity contribution in [2.75, 3.05) is 26.2 Å². The third kappa shape index (κ3) is 4.80. The summed E-state index contributed by atoms with van der Waals surface area (Å²) >= 11 is 7.64. The Balaban J connectivity index is 1.31. The van der Waals surface area contributed by atoms with Gasteiger partial charge in [-0.25, -0.2) is 9.37 Å². The average Bonchev–Trinajstić information content (AvgIpc) is 3.20. The number of hydrogen-bond donors (Lipinski definition) is 0. The number of pyridine rings is 1. The zero-order valence-corrected chi connectivity index (χ0v) is 17.3. The molecule has 0 radical (unpaired) electrons. The molecule has 3 heterocycles. The van der Waals surface area contributed by atoms with Gasteiger partial charge in [-0.1, -0.05) is 17.7 Å². The topological polar surface area (TPSA) is 49.3 Å². The summed E-state index contributed by atoms with van der Waals surface area (Å²) in [6.45, 7) is 3.06. The molecular weight excluding hydrogens is 411 g/mol. The molecule has 0 atom stereocenters. The van der Waals surface area contributed by atoms with E-state index in [1.54, 1.807) is 24.5 Å². The number of amides is 1. The largest absolute Gasteiger partial charge is 0.340 e. The van der Waals surface area contributed by atoms with Crippen LogP contribution in [0.15, 0.2) is 48.1 Å². The summed E-state index contributed by atoms with van der Waals surface area (Å²) in [5, 5.41) is 3.24. The van der Waals surface area contributed by atoms with Crippen molar-refractivity contribution in [3.63, 3.8) is 0 Å². The molecule has 0 spiro atoms. The summed E-state index contributed by atoms with van der Waals surface area (Å²) in [6, 6.07) is 8.56. The van der Waals surface area contributed by atoms with Gasteiger partial charge in [-0.3, -0.25) is 14.7 Å². The molecule has 0 N–H and O–H groups in total. The number of aromatic nitrogens is 2. The molecule has 0 bridgehead atoms. The zero-order valence-electron chi connectivity index (χ0n) is 15.7. The summed E-state index contributed by atoms with van der Waals surface area (Å²) in [4.78, 5) is 25.3. The van der Waals surface area contributed by atoms with Gasteiger partial charge in [0.2, 0.25) is 5.91 Å². The van der Waals surface area contributed by atoms with Gasteiger partial charge in [-0.15, -0.1) is 11.3 Å². The van der Waals surface area contributed by atoms with Crippen LogP contribution in [0.25, 0.3) is 10.6 Å². The Morgan fingerprint density at radius 1 is 1.17 bits per heavy atom. The third-order valence-electron chi connectivity index (χ3n) is 4.96. The van der Waals surface area contributed by atoms with Gasteiger partial charge < -0.3 is 4.90 Å². The van der Waals surface area contributed by atoms with E-state index in [-0.39, 0.29) is 18.1 Å². The van der Waals surface area contributed by atoms with E-state index in [2.05, 4.69) is 14.9 Å². The number of nitrogens with zero attached hydrogens (tertiary/aromatic N) is 4. The SMILES string of the molecule is O=C(Cc1csc(-c2cccnc2)n1)N1CCN(Cc2c(F)cccc2Cl)CC1. The fourth-order valence-electron chi connectivity index (χ4n) is 3.34. The summed E-state index contributed by atoms with van der Waals surface area (Å²) < 4.78 is 14.0. The number of carbonyl (C=O) groups is 1. The zero-order chi connectivity index (χ0) is 20.2. The second-order valence-corrected chi connectivity index (χ2v) is 8.18. The molecule has 150 valence electrons. The molecule has 1 amide bonds. The molecular formula is C21H20ClFN4OS. The van der Waals surface area contributed by atoms with Crippen molar-refractivity contribution in [3.05, 3.63) is 70.2 Å². The fraction of sp³-hybridized carbons (Fsp3) is 0.286. The summed E-state index contributed by atoms with van der Waals surface area (Å²) in [7, 11) is 0. The number of rotatable bonds is 5. The van der Waals surface area contributed by atoms with Crippen molar-refractivity contribution in [2.24, 2.45) is 0 Å². The second kappa shape index (κ2) is 8.98. The molecule has 1 fully saturated rings. The maximum Gasteiger partial charge on any atom is 0.228 e. The van der Waals surface area contributed by atoms with Crippen molar-refractivity contribution >= 4 is 28.8 Å². The Hall–Kier alpha value is -2.35. The standard InChI is InChI=1S/C21H20ClFN4OS/c22-18-4-1-5-19(23)17(18)13-26-7-9-27(10-8-26)20(28)11-16-14-29-21(25-16)15-3-2-6-24-12-15/h1-6,12,14H,7-11,13H2. The Labute approximate surface area is 177 Å². The van der Waals surface area contributed by atoms with E-state index in [1.165, 1.54) is 17.4 Å². The van der Waals surface area contributed by atoms with Gasteiger partial charge in [0, 0.05) is 66.6 Å². The van der Waals surface area contributed by atoms with E-state index in [9.17, 15) is 9.18 Å². The number of thiazole rings is 1. The highest BCUT2D eigenvalue weighted by molar-refractivity contribution is 7.13. The number of piperazine rings is 1. The molecule has 1 saturated heterocycles. The third-order valence-corrected chi connectivity index (χ3v) is 6.26. The van der Waals surface area contributed by atoms with Crippen LogP contribution in [-0.2, 0) is 17.8 Å². The minimum Gasteiger partial charge on any atom is -0.340 e. The lowest BCUT2D eigenvalue weighted by molar-refractivity contribution is -0.132. The van der Waals surface area contributed by atoms with Crippen molar-refractivity contribution in [3.8, 4) is 10.6 Å². The molecule has 0 aliphatic carbocycles. The van der Waals surface area contributed by atoms with E-state index < -0.39 is 0 Å². The van der Waals surface area contributed by atoms with Crippen molar-refractivity contribution < 1.29 is 9.18 Å². The Morgan fingerprint density at radius 2 is 2.00 bits per heavy atom. The molecule has 5 nitrogen and oxygen atoms in total. The average molecular weight is 431 g/mol. The van der Waals surface area contributed by atoms with E-state index in [1.807, 2.05) is 22.4 Å². The lowest BCUT2D eigenvalue weighted by atomic mass is 10.1. The normalized spacial score (nSPS) is 14.9. The van der Waals surface area contributed by atoms with E-state index in [0.717, 1.165) is 16.3 Å². The fourth-order valence-corrected chi connectivity index (χ4v) is 4.37. The molecule has 1 aliphatic rings. The highest BCUT2D eigenvalue weighted by atomic mass is 35.5. The van der Waals surface area contributed by atoms with Crippen LogP contribution in [-0.4, -0.2) is 51.9 Å². The smallest absolute Gasteiger partial charge is 0.228 e. The molecule has 0 saturated carbocycles. The highest BCUT2D eigenvalue weighted by Crippen LogP contribution is 2.24. The maximum absolute atomic E-state index is 14.0. The predicted molar refractivity (Wildman–Crippen MR) is 112 cm³/mol. The summed E-state index contributed by atoms with van der Waals surface area (Å²) in [5.74, 6) is -0.222. The molecule has 3 aromatic rings. The van der Waals surface area contributed by atoms with Gasteiger partial charge in [0.1, 0.15) is 10.8 Å². The van der Waals surface area contributed by atoms with Crippen molar-refractivity contribution in [1.29, 1.82) is 0 Å². The number of halogens is 2. The molecule has 29 heavy (non-hydrogen) atoms. The van der Waals surface area contributed by atoms with Gasteiger partial charge in [0.15, 0.2) is 0 Å². The molecule has 8 heteroatoms. The minimum absolute atomic E-state index is 0.0663. The monoisotopic (exact) mass is 430 g/mol. The van der Waals surface area contributed by atoms with Crippen LogP contribution in [0.3, 0.4) is 0 Å². The van der Waals surface area contributed by atoms with Crippen LogP contribution >= 0.6 is 22.9 Å². The predicted octanol–water partition coefficient (Wildman–Crippen LogP) is 3.88. The first kappa shape index (κ1) is 19.9.